The van der Waals surface area contributed by atoms with Gasteiger partial charge >= 0.3 is 0 Å². The zero-order valence-corrected chi connectivity index (χ0v) is 11.8. The third-order valence-electron chi connectivity index (χ3n) is 2.24. The van der Waals surface area contributed by atoms with E-state index in [0.29, 0.717) is 13.2 Å². The van der Waals surface area contributed by atoms with Gasteiger partial charge in [0.25, 0.3) is 0 Å². The summed E-state index contributed by atoms with van der Waals surface area (Å²) in [7, 11) is 0. The summed E-state index contributed by atoms with van der Waals surface area (Å²) in [6.07, 6.45) is 5.52. The minimum absolute atomic E-state index is 0.384. The molecular weight excluding hydrogens is 268 g/mol. The number of thioether (sulfide) groups is 1. The number of furan rings is 1. The first kappa shape index (κ1) is 15.0. The highest BCUT2D eigenvalue weighted by Gasteiger charge is 2.10. The van der Waals surface area contributed by atoms with Gasteiger partial charge in [0, 0.05) is 17.1 Å². The maximum atomic E-state index is 5.28. The molecule has 0 fully saturated rings. The highest BCUT2D eigenvalue weighted by molar-refractivity contribution is 8.02. The zero-order valence-electron chi connectivity index (χ0n) is 10.2. The first-order valence-corrected chi connectivity index (χ1v) is 6.94. The van der Waals surface area contributed by atoms with Gasteiger partial charge in [0.2, 0.25) is 0 Å². The summed E-state index contributed by atoms with van der Waals surface area (Å²) >= 11 is 6.54. The molecule has 0 aromatic carbocycles. The van der Waals surface area contributed by atoms with E-state index in [9.17, 15) is 0 Å². The summed E-state index contributed by atoms with van der Waals surface area (Å²) < 4.78 is 5.28. The Bertz CT molecular complexity index is 416. The van der Waals surface area contributed by atoms with Crippen LogP contribution in [-0.2, 0) is 4.84 Å². The molecule has 0 aliphatic heterocycles. The Balaban J connectivity index is 2.80. The quantitative estimate of drug-likeness (QED) is 0.450. The molecule has 0 saturated carbocycles. The van der Waals surface area contributed by atoms with Crippen LogP contribution in [-0.4, -0.2) is 29.8 Å². The van der Waals surface area contributed by atoms with Crippen molar-refractivity contribution in [2.24, 2.45) is 5.90 Å². The second-order valence-corrected chi connectivity index (χ2v) is 4.40. The lowest BCUT2D eigenvalue weighted by atomic mass is 10.3. The lowest BCUT2D eigenvalue weighted by Crippen LogP contribution is -2.25. The lowest BCUT2D eigenvalue weighted by molar-refractivity contribution is 0.130. The van der Waals surface area contributed by atoms with Crippen molar-refractivity contribution in [2.75, 3.05) is 19.4 Å². The molecule has 0 amide bonds. The van der Waals surface area contributed by atoms with Gasteiger partial charge in [-0.05, 0) is 24.5 Å². The van der Waals surface area contributed by atoms with E-state index in [1.807, 2.05) is 29.4 Å². The minimum Gasteiger partial charge on any atom is -0.465 e. The normalized spacial score (nSPS) is 11.3. The van der Waals surface area contributed by atoms with Crippen LogP contribution in [0.2, 0.25) is 0 Å². The molecule has 1 rings (SSSR count). The summed E-state index contributed by atoms with van der Waals surface area (Å²) in [6.45, 7) is 4.98. The zero-order chi connectivity index (χ0) is 13.4. The second-order valence-electron chi connectivity index (χ2n) is 3.34. The largest absolute Gasteiger partial charge is 0.465 e. The average Bonchev–Trinajstić information content (AvgIpc) is 2.89. The fourth-order valence-corrected chi connectivity index (χ4v) is 2.13. The van der Waals surface area contributed by atoms with E-state index in [1.165, 1.54) is 5.49 Å². The molecule has 1 aromatic rings. The number of nitrogens with zero attached hydrogens (tertiary/aromatic N) is 1. The molecule has 0 unspecified atom stereocenters. The molecule has 98 valence electrons. The van der Waals surface area contributed by atoms with Gasteiger partial charge in [-0.25, -0.2) is 5.90 Å². The van der Waals surface area contributed by atoms with Crippen LogP contribution >= 0.6 is 24.0 Å². The maximum Gasteiger partial charge on any atom is 0.127 e. The fourth-order valence-electron chi connectivity index (χ4n) is 1.31. The van der Waals surface area contributed by atoms with E-state index >= 15 is 0 Å². The number of hydrogen-bond acceptors (Lipinski definition) is 5. The van der Waals surface area contributed by atoms with Crippen molar-refractivity contribution < 1.29 is 9.25 Å². The van der Waals surface area contributed by atoms with Gasteiger partial charge in [-0.15, -0.1) is 11.8 Å². The molecule has 2 N–H and O–H groups in total. The van der Waals surface area contributed by atoms with Crippen molar-refractivity contribution >= 4 is 35.5 Å². The third kappa shape index (κ3) is 4.30. The van der Waals surface area contributed by atoms with Gasteiger partial charge in [-0.2, -0.15) is 0 Å². The lowest BCUT2D eigenvalue weighted by Gasteiger charge is -2.22. The van der Waals surface area contributed by atoms with Crippen molar-refractivity contribution in [3.63, 3.8) is 0 Å². The number of rotatable bonds is 8. The summed E-state index contributed by atoms with van der Waals surface area (Å²) in [5, 5.41) is 0. The van der Waals surface area contributed by atoms with Crippen molar-refractivity contribution in [1.82, 2.24) is 4.90 Å². The average molecular weight is 284 g/mol. The predicted molar refractivity (Wildman–Crippen MR) is 79.8 cm³/mol. The molecule has 0 atom stereocenters. The van der Waals surface area contributed by atoms with Crippen LogP contribution in [0.5, 0.6) is 0 Å². The molecule has 0 spiro atoms. The first-order valence-electron chi connectivity index (χ1n) is 5.25. The molecule has 6 heteroatoms. The summed E-state index contributed by atoms with van der Waals surface area (Å²) in [5.41, 5.74) is 2.33. The van der Waals surface area contributed by atoms with Crippen LogP contribution in [0.15, 0.2) is 40.0 Å². The monoisotopic (exact) mass is 284 g/mol. The van der Waals surface area contributed by atoms with Crippen molar-refractivity contribution in [3.05, 3.63) is 41.3 Å². The number of nitrogens with two attached hydrogens (primary N) is 1. The Morgan fingerprint density at radius 3 is 3.00 bits per heavy atom. The van der Waals surface area contributed by atoms with Crippen LogP contribution in [0, 0.1) is 0 Å². The second kappa shape index (κ2) is 8.10. The first-order chi connectivity index (χ1) is 8.72. The van der Waals surface area contributed by atoms with E-state index in [0.717, 1.165) is 16.4 Å². The molecule has 0 bridgehead atoms. The van der Waals surface area contributed by atoms with Crippen LogP contribution in [0.25, 0.3) is 6.08 Å². The van der Waals surface area contributed by atoms with E-state index in [2.05, 4.69) is 11.4 Å². The Morgan fingerprint density at radius 2 is 2.50 bits per heavy atom. The maximum absolute atomic E-state index is 5.28. The Morgan fingerprint density at radius 1 is 1.72 bits per heavy atom. The van der Waals surface area contributed by atoms with Gasteiger partial charge in [-0.1, -0.05) is 18.8 Å². The van der Waals surface area contributed by atoms with Gasteiger partial charge in [0.05, 0.1) is 18.4 Å². The highest BCUT2D eigenvalue weighted by atomic mass is 32.2. The molecule has 4 nitrogen and oxygen atoms in total. The van der Waals surface area contributed by atoms with E-state index in [1.54, 1.807) is 18.0 Å². The van der Waals surface area contributed by atoms with Gasteiger partial charge in [0.15, 0.2) is 0 Å². The fraction of sp³-hybridized carbons (Fsp3) is 0.250. The Kier molecular flexibility index (Phi) is 6.74. The Labute approximate surface area is 116 Å². The molecular formula is C12H16N2O2S2. The molecule has 0 saturated heterocycles. The number of hydrogen-bond donors (Lipinski definition) is 1. The van der Waals surface area contributed by atoms with Crippen molar-refractivity contribution in [3.8, 4) is 0 Å². The molecule has 18 heavy (non-hydrogen) atoms. The molecule has 1 heterocycles. The standard InChI is InChI=1S/C12H16N2O2S2/c1-10(14(9-17)5-7-16-13)12(18-2)8-11-4-3-6-15-11/h3-4,6,8-9H,1,5,7,13H2,2H3/b12-8+. The summed E-state index contributed by atoms with van der Waals surface area (Å²) in [4.78, 5) is 7.34. The van der Waals surface area contributed by atoms with E-state index in [4.69, 9.17) is 22.5 Å². The molecule has 0 aliphatic rings. The SMILES string of the molecule is C=C(/C(=C\c1ccco1)SC)N(C=S)CCON. The van der Waals surface area contributed by atoms with Crippen LogP contribution in [0.3, 0.4) is 0 Å². The number of thiocarbonyl (C=S) groups is 1. The van der Waals surface area contributed by atoms with Crippen molar-refractivity contribution in [2.45, 2.75) is 0 Å². The van der Waals surface area contributed by atoms with Gasteiger partial charge in [-0.3, -0.25) is 0 Å². The smallest absolute Gasteiger partial charge is 0.127 e. The molecule has 0 radical (unpaired) electrons. The predicted octanol–water partition coefficient (Wildman–Crippen LogP) is 2.65. The molecule has 1 aromatic heterocycles. The highest BCUT2D eigenvalue weighted by Crippen LogP contribution is 2.25. The molecule has 0 aliphatic carbocycles. The van der Waals surface area contributed by atoms with Crippen LogP contribution in [0.4, 0.5) is 0 Å². The third-order valence-corrected chi connectivity index (χ3v) is 3.29. The van der Waals surface area contributed by atoms with Crippen LogP contribution < -0.4 is 5.90 Å². The Hall–Kier alpha value is -1.08. The topological polar surface area (TPSA) is 51.6 Å². The van der Waals surface area contributed by atoms with E-state index in [-0.39, 0.29) is 0 Å². The van der Waals surface area contributed by atoms with E-state index < -0.39 is 0 Å². The van der Waals surface area contributed by atoms with Crippen molar-refractivity contribution in [1.29, 1.82) is 0 Å². The summed E-state index contributed by atoms with van der Waals surface area (Å²) in [6, 6.07) is 3.72. The van der Waals surface area contributed by atoms with Gasteiger partial charge in [0.1, 0.15) is 5.76 Å². The van der Waals surface area contributed by atoms with Crippen LogP contribution in [0.1, 0.15) is 5.76 Å². The summed E-state index contributed by atoms with van der Waals surface area (Å²) in [5.74, 6) is 5.79. The minimum atomic E-state index is 0.384. The van der Waals surface area contributed by atoms with Gasteiger partial charge < -0.3 is 14.2 Å².